The smallest absolute Gasteiger partial charge is 0.290 e. The highest BCUT2D eigenvalue weighted by atomic mass is 32.2. The van der Waals surface area contributed by atoms with Crippen LogP contribution >= 0.6 is 35.3 Å². The summed E-state index contributed by atoms with van der Waals surface area (Å²) in [7, 11) is 0. The molecule has 34 heavy (non-hydrogen) atoms. The highest BCUT2D eigenvalue weighted by Gasteiger charge is 2.31. The Bertz CT molecular complexity index is 1120. The normalized spacial score (nSPS) is 18.9. The van der Waals surface area contributed by atoms with Crippen LogP contribution in [0.1, 0.15) is 24.0 Å². The summed E-state index contributed by atoms with van der Waals surface area (Å²) in [5.74, 6) is 1.17. The number of carbonyl (C=O) groups excluding carboxylic acids is 4. The number of imide groups is 2. The number of hydrogen-bond donors (Lipinski definition) is 2. The second-order valence-electron chi connectivity index (χ2n) is 7.56. The molecule has 2 N–H and O–H groups in total. The van der Waals surface area contributed by atoms with Gasteiger partial charge in [0.1, 0.15) is 5.75 Å². The van der Waals surface area contributed by atoms with Crippen molar-refractivity contribution < 1.29 is 23.9 Å². The topological polar surface area (TPSA) is 102 Å². The molecule has 0 radical (unpaired) electrons. The lowest BCUT2D eigenvalue weighted by atomic mass is 10.1. The van der Waals surface area contributed by atoms with Gasteiger partial charge in [0.2, 0.25) is 5.91 Å². The van der Waals surface area contributed by atoms with Crippen LogP contribution in [0.15, 0.2) is 58.3 Å². The molecule has 0 saturated carbocycles. The van der Waals surface area contributed by atoms with E-state index in [2.05, 4.69) is 22.8 Å². The molecule has 0 aliphatic carbocycles. The Morgan fingerprint density at radius 2 is 1.68 bits per heavy atom. The number of unbranched alkanes of at least 4 members (excludes halogenated alkanes) is 1. The van der Waals surface area contributed by atoms with E-state index < -0.39 is 0 Å². The second-order valence-corrected chi connectivity index (χ2v) is 10.9. The molecule has 0 spiro atoms. The minimum atomic E-state index is -0.362. The van der Waals surface area contributed by atoms with E-state index in [9.17, 15) is 19.2 Å². The van der Waals surface area contributed by atoms with Crippen molar-refractivity contribution in [2.75, 3.05) is 12.4 Å². The van der Waals surface area contributed by atoms with Gasteiger partial charge in [0.05, 0.1) is 16.8 Å². The summed E-state index contributed by atoms with van der Waals surface area (Å²) in [6.07, 6.45) is 4.18. The molecule has 2 aromatic carbocycles. The maximum Gasteiger partial charge on any atom is 0.290 e. The van der Waals surface area contributed by atoms with Gasteiger partial charge in [0, 0.05) is 4.90 Å². The number of carbonyl (C=O) groups is 4. The number of hydrogen-bond acceptors (Lipinski definition) is 8. The van der Waals surface area contributed by atoms with Gasteiger partial charge in [-0.1, -0.05) is 36.0 Å². The first-order valence-electron chi connectivity index (χ1n) is 10.7. The van der Waals surface area contributed by atoms with Gasteiger partial charge < -0.3 is 4.74 Å². The van der Waals surface area contributed by atoms with E-state index in [4.69, 9.17) is 4.74 Å². The number of thioether (sulfide) groups is 3. The predicted molar refractivity (Wildman–Crippen MR) is 136 cm³/mol. The molecule has 176 valence electrons. The fourth-order valence-electron chi connectivity index (χ4n) is 3.28. The van der Waals surface area contributed by atoms with Gasteiger partial charge in [-0.15, -0.1) is 11.8 Å². The summed E-state index contributed by atoms with van der Waals surface area (Å²) < 4.78 is 5.79. The summed E-state index contributed by atoms with van der Waals surface area (Å²) in [4.78, 5) is 47.3. The fraction of sp³-hybridized carbons (Fsp3) is 0.250. The Morgan fingerprint density at radius 1 is 0.912 bits per heavy atom. The molecule has 4 amide bonds. The van der Waals surface area contributed by atoms with Crippen molar-refractivity contribution in [2.24, 2.45) is 0 Å². The van der Waals surface area contributed by atoms with Gasteiger partial charge in [0.15, 0.2) is 0 Å². The first-order chi connectivity index (χ1) is 16.5. The Kier molecular flexibility index (Phi) is 8.36. The molecule has 4 rings (SSSR count). The SMILES string of the molecule is O=C1NC(=O)C(=Cc2ccc(OCCCCSc3ccc(CC4SC(=O)NC4=O)cc3)cc2)S1. The van der Waals surface area contributed by atoms with E-state index in [1.807, 2.05) is 36.4 Å². The molecule has 2 heterocycles. The molecule has 2 aliphatic heterocycles. The van der Waals surface area contributed by atoms with Crippen molar-refractivity contribution in [1.29, 1.82) is 0 Å². The van der Waals surface area contributed by atoms with Gasteiger partial charge in [-0.25, -0.2) is 0 Å². The third kappa shape index (κ3) is 6.91. The highest BCUT2D eigenvalue weighted by molar-refractivity contribution is 8.18. The van der Waals surface area contributed by atoms with Crippen LogP contribution in [0.4, 0.5) is 9.59 Å². The van der Waals surface area contributed by atoms with Crippen LogP contribution in [-0.2, 0) is 16.0 Å². The van der Waals surface area contributed by atoms with Crippen molar-refractivity contribution in [3.8, 4) is 5.75 Å². The van der Waals surface area contributed by atoms with Crippen LogP contribution in [0.5, 0.6) is 5.75 Å². The minimum Gasteiger partial charge on any atom is -0.494 e. The van der Waals surface area contributed by atoms with Crippen molar-refractivity contribution in [3.63, 3.8) is 0 Å². The van der Waals surface area contributed by atoms with Crippen molar-refractivity contribution in [2.45, 2.75) is 29.4 Å². The average molecular weight is 515 g/mol. The second kappa shape index (κ2) is 11.6. The summed E-state index contributed by atoms with van der Waals surface area (Å²) >= 11 is 3.73. The zero-order valence-electron chi connectivity index (χ0n) is 18.1. The predicted octanol–water partition coefficient (Wildman–Crippen LogP) is 4.86. The van der Waals surface area contributed by atoms with Crippen LogP contribution in [0.3, 0.4) is 0 Å². The zero-order chi connectivity index (χ0) is 23.9. The van der Waals surface area contributed by atoms with Gasteiger partial charge in [0.25, 0.3) is 16.4 Å². The van der Waals surface area contributed by atoms with Gasteiger partial charge >= 0.3 is 0 Å². The van der Waals surface area contributed by atoms with Gasteiger partial charge in [-0.3, -0.25) is 29.8 Å². The molecule has 1 unspecified atom stereocenters. The molecule has 2 aliphatic rings. The Hall–Kier alpha value is -2.69. The van der Waals surface area contributed by atoms with Crippen LogP contribution in [-0.4, -0.2) is 39.9 Å². The Morgan fingerprint density at radius 3 is 2.32 bits per heavy atom. The average Bonchev–Trinajstić information content (AvgIpc) is 3.31. The van der Waals surface area contributed by atoms with Gasteiger partial charge in [-0.2, -0.15) is 0 Å². The summed E-state index contributed by atoms with van der Waals surface area (Å²) in [6, 6.07) is 15.5. The third-order valence-electron chi connectivity index (χ3n) is 5.01. The molecule has 7 nitrogen and oxygen atoms in total. The summed E-state index contributed by atoms with van der Waals surface area (Å²) in [5.41, 5.74) is 1.88. The lowest BCUT2D eigenvalue weighted by Crippen LogP contribution is -2.25. The van der Waals surface area contributed by atoms with Crippen LogP contribution in [0.25, 0.3) is 6.08 Å². The standard InChI is InChI=1S/C24H22N2O5S3/c27-21-19(33-23(29)25-21)13-15-3-7-17(8-4-15)31-11-1-2-12-32-18-9-5-16(6-10-18)14-20-22(28)26-24(30)34-20/h3-10,13,20H,1-2,11-12,14H2,(H,25,27,29)(H,26,28,30). The molecule has 1 atom stereocenters. The van der Waals surface area contributed by atoms with E-state index in [-0.39, 0.29) is 27.5 Å². The molecular formula is C24H22N2O5S3. The lowest BCUT2D eigenvalue weighted by molar-refractivity contribution is -0.119. The maximum absolute atomic E-state index is 11.7. The largest absolute Gasteiger partial charge is 0.494 e. The number of rotatable bonds is 10. The quantitative estimate of drug-likeness (QED) is 0.263. The number of ether oxygens (including phenoxy) is 1. The molecular weight excluding hydrogens is 492 g/mol. The van der Waals surface area contributed by atoms with E-state index in [1.165, 1.54) is 4.90 Å². The molecule has 2 aromatic rings. The fourth-order valence-corrected chi connectivity index (χ4v) is 5.73. The zero-order valence-corrected chi connectivity index (χ0v) is 20.5. The maximum atomic E-state index is 11.7. The van der Waals surface area contributed by atoms with E-state index in [1.54, 1.807) is 17.8 Å². The van der Waals surface area contributed by atoms with Crippen molar-refractivity contribution in [3.05, 3.63) is 64.6 Å². The van der Waals surface area contributed by atoms with Crippen molar-refractivity contribution in [1.82, 2.24) is 10.6 Å². The molecule has 0 bridgehead atoms. The third-order valence-corrected chi connectivity index (χ3v) is 7.90. The molecule has 2 fully saturated rings. The summed E-state index contributed by atoms with van der Waals surface area (Å²) in [6.45, 7) is 0.618. The monoisotopic (exact) mass is 514 g/mol. The Balaban J connectivity index is 1.12. The number of benzene rings is 2. The first-order valence-corrected chi connectivity index (χ1v) is 13.4. The highest BCUT2D eigenvalue weighted by Crippen LogP contribution is 2.27. The van der Waals surface area contributed by atoms with E-state index in [0.717, 1.165) is 59.0 Å². The van der Waals surface area contributed by atoms with Crippen LogP contribution < -0.4 is 15.4 Å². The molecule has 0 aromatic heterocycles. The summed E-state index contributed by atoms with van der Waals surface area (Å²) in [5, 5.41) is 3.60. The van der Waals surface area contributed by atoms with Crippen molar-refractivity contribution >= 4 is 63.7 Å². The van der Waals surface area contributed by atoms with Gasteiger partial charge in [-0.05, 0) is 78.2 Å². The van der Waals surface area contributed by atoms with E-state index in [0.29, 0.717) is 17.9 Å². The van der Waals surface area contributed by atoms with Crippen LogP contribution in [0.2, 0.25) is 0 Å². The molecule has 10 heteroatoms. The molecule has 2 saturated heterocycles. The Labute approximate surface area is 209 Å². The number of nitrogens with one attached hydrogen (secondary N) is 2. The minimum absolute atomic E-state index is 0.209. The first kappa shape index (κ1) is 24.4. The van der Waals surface area contributed by atoms with E-state index >= 15 is 0 Å². The van der Waals surface area contributed by atoms with Crippen LogP contribution in [0, 0.1) is 0 Å². The lowest BCUT2D eigenvalue weighted by Gasteiger charge is -2.08. The number of amides is 4.